The predicted molar refractivity (Wildman–Crippen MR) is 119 cm³/mol. The van der Waals surface area contributed by atoms with Crippen molar-refractivity contribution in [2.24, 2.45) is 5.92 Å². The van der Waals surface area contributed by atoms with E-state index in [4.69, 9.17) is 21.1 Å². The fraction of sp³-hybridized carbons (Fsp3) is 0.435. The lowest BCUT2D eigenvalue weighted by Gasteiger charge is -2.52. The summed E-state index contributed by atoms with van der Waals surface area (Å²) in [7, 11) is 1.45. The molecule has 0 saturated carbocycles. The molecule has 4 rings (SSSR count). The fourth-order valence-corrected chi connectivity index (χ4v) is 4.37. The largest absolute Gasteiger partial charge is 0.586 e. The summed E-state index contributed by atoms with van der Waals surface area (Å²) in [5.74, 6) is -1.16. The molecule has 188 valence electrons. The first-order valence-corrected chi connectivity index (χ1v) is 11.3. The monoisotopic (exact) mass is 511 g/mol. The third-order valence-corrected chi connectivity index (χ3v) is 6.10. The van der Waals surface area contributed by atoms with Gasteiger partial charge in [-0.25, -0.2) is 14.6 Å². The summed E-state index contributed by atoms with van der Waals surface area (Å²) < 4.78 is 46.3. The van der Waals surface area contributed by atoms with E-state index in [9.17, 15) is 18.4 Å². The van der Waals surface area contributed by atoms with E-state index in [1.165, 1.54) is 30.2 Å². The molecule has 12 heteroatoms. The zero-order valence-corrected chi connectivity index (χ0v) is 19.9. The fourth-order valence-electron chi connectivity index (χ4n) is 4.26. The number of pyridine rings is 1. The number of nitrogens with zero attached hydrogens (tertiary/aromatic N) is 2. The van der Waals surface area contributed by atoms with Crippen LogP contribution in [0.1, 0.15) is 31.0 Å². The molecule has 1 saturated heterocycles. The van der Waals surface area contributed by atoms with Crippen LogP contribution in [0.5, 0.6) is 11.5 Å². The van der Waals surface area contributed by atoms with Crippen molar-refractivity contribution < 1.29 is 37.3 Å². The van der Waals surface area contributed by atoms with Gasteiger partial charge >= 0.3 is 18.3 Å². The number of hydrogen-bond donors (Lipinski definition) is 1. The van der Waals surface area contributed by atoms with Crippen LogP contribution in [0.3, 0.4) is 0 Å². The van der Waals surface area contributed by atoms with Crippen molar-refractivity contribution >= 4 is 23.6 Å². The van der Waals surface area contributed by atoms with Crippen LogP contribution < -0.4 is 14.8 Å². The summed E-state index contributed by atoms with van der Waals surface area (Å²) in [5.41, 5.74) is 1.32. The molecule has 2 aliphatic rings. The number of halogens is 3. The molecule has 0 radical (unpaired) electrons. The quantitative estimate of drug-likeness (QED) is 0.444. The highest BCUT2D eigenvalue weighted by Gasteiger charge is 2.56. The van der Waals surface area contributed by atoms with Gasteiger partial charge < -0.3 is 24.3 Å². The number of nitrogens with one attached hydrogen (secondary N) is 1. The van der Waals surface area contributed by atoms with Crippen molar-refractivity contribution in [3.05, 3.63) is 52.8 Å². The number of aromatic nitrogens is 1. The Kier molecular flexibility index (Phi) is 7.00. The molecule has 2 amide bonds. The minimum atomic E-state index is -3.74. The number of methoxy groups -OCH3 is 1. The van der Waals surface area contributed by atoms with Gasteiger partial charge in [-0.2, -0.15) is 0 Å². The van der Waals surface area contributed by atoms with Gasteiger partial charge in [0.1, 0.15) is 17.4 Å². The maximum absolute atomic E-state index is 13.3. The minimum absolute atomic E-state index is 0.0960. The smallest absolute Gasteiger partial charge is 0.464 e. The summed E-state index contributed by atoms with van der Waals surface area (Å²) in [6, 6.07) is 5.61. The molecule has 1 aromatic carbocycles. The summed E-state index contributed by atoms with van der Waals surface area (Å²) in [4.78, 5) is 31.3. The number of fused-ring (bicyclic) bond motifs is 1. The van der Waals surface area contributed by atoms with Crippen molar-refractivity contribution in [1.82, 2.24) is 15.2 Å². The number of hydrogen-bond acceptors (Lipinski definition) is 7. The molecule has 3 unspecified atom stereocenters. The van der Waals surface area contributed by atoms with Crippen molar-refractivity contribution in [3.63, 3.8) is 0 Å². The number of esters is 1. The van der Waals surface area contributed by atoms with Gasteiger partial charge in [-0.05, 0) is 49.6 Å². The third kappa shape index (κ3) is 5.10. The summed E-state index contributed by atoms with van der Waals surface area (Å²) in [5, 5.41) is 3.12. The molecular weight excluding hydrogens is 488 g/mol. The predicted octanol–water partition coefficient (Wildman–Crippen LogP) is 3.91. The number of likely N-dealkylation sites (tertiary alicyclic amines) is 1. The Bertz CT molecular complexity index is 1100. The molecule has 0 spiro atoms. The van der Waals surface area contributed by atoms with Crippen LogP contribution in [0.15, 0.2) is 36.5 Å². The second-order valence-electron chi connectivity index (χ2n) is 8.13. The van der Waals surface area contributed by atoms with Crippen LogP contribution in [-0.4, -0.2) is 54.2 Å². The number of urea groups is 1. The Morgan fingerprint density at radius 3 is 2.66 bits per heavy atom. The van der Waals surface area contributed by atoms with Crippen molar-refractivity contribution in [3.8, 4) is 11.5 Å². The lowest BCUT2D eigenvalue weighted by molar-refractivity contribution is -0.286. The molecule has 1 N–H and O–H groups in total. The van der Waals surface area contributed by atoms with E-state index in [1.807, 2.05) is 0 Å². The van der Waals surface area contributed by atoms with E-state index in [-0.39, 0.29) is 24.0 Å². The van der Waals surface area contributed by atoms with Gasteiger partial charge in [-0.1, -0.05) is 23.7 Å². The molecule has 2 aromatic rings. The standard InChI is InChI=1S/C23H24ClF2N3O6/c1-4-33-21(30)19-15(9-13-5-8-18(24)27-11-13)20(32-3)29(19)22(31)28-12(2)14-6-7-16-17(10-14)35-23(25,26)34-16/h5-8,10-12,15,19-20H,4,9H2,1-3H3,(H,28,31)/t12?,15-,19?,20?/m1/s1. The summed E-state index contributed by atoms with van der Waals surface area (Å²) in [6.07, 6.45) is -2.44. The van der Waals surface area contributed by atoms with Crippen LogP contribution in [0.4, 0.5) is 13.6 Å². The van der Waals surface area contributed by atoms with Crippen LogP contribution >= 0.6 is 11.6 Å². The van der Waals surface area contributed by atoms with Crippen LogP contribution in [0.2, 0.25) is 5.15 Å². The number of benzene rings is 1. The topological polar surface area (TPSA) is 99.2 Å². The molecule has 1 aromatic heterocycles. The van der Waals surface area contributed by atoms with Gasteiger partial charge in [0.15, 0.2) is 11.5 Å². The lowest BCUT2D eigenvalue weighted by Crippen LogP contribution is -2.71. The van der Waals surface area contributed by atoms with E-state index in [1.54, 1.807) is 32.2 Å². The number of amides is 2. The SMILES string of the molecule is CCOC(=O)C1[C@@H](Cc2ccc(Cl)nc2)C(OC)N1C(=O)NC(C)c1ccc2c(c1)OC(F)(F)O2. The highest BCUT2D eigenvalue weighted by atomic mass is 35.5. The highest BCUT2D eigenvalue weighted by molar-refractivity contribution is 6.29. The summed E-state index contributed by atoms with van der Waals surface area (Å²) in [6.45, 7) is 3.50. The second kappa shape index (κ2) is 9.82. The Morgan fingerprint density at radius 2 is 2.00 bits per heavy atom. The first-order chi connectivity index (χ1) is 16.6. The molecule has 3 heterocycles. The number of rotatable bonds is 7. The first kappa shape index (κ1) is 24.9. The molecular formula is C23H24ClF2N3O6. The van der Waals surface area contributed by atoms with Crippen molar-refractivity contribution in [2.75, 3.05) is 13.7 Å². The van der Waals surface area contributed by atoms with E-state index in [2.05, 4.69) is 19.8 Å². The highest BCUT2D eigenvalue weighted by Crippen LogP contribution is 2.42. The number of ether oxygens (including phenoxy) is 4. The average Bonchev–Trinajstić information content (AvgIpc) is 3.10. The second-order valence-corrected chi connectivity index (χ2v) is 8.52. The first-order valence-electron chi connectivity index (χ1n) is 10.9. The molecule has 35 heavy (non-hydrogen) atoms. The van der Waals surface area contributed by atoms with Gasteiger partial charge in [0.2, 0.25) is 0 Å². The third-order valence-electron chi connectivity index (χ3n) is 5.88. The summed E-state index contributed by atoms with van der Waals surface area (Å²) >= 11 is 5.86. The number of carbonyl (C=O) groups is 2. The normalized spacial score (nSPS) is 22.8. The van der Waals surface area contributed by atoms with E-state index in [0.29, 0.717) is 17.1 Å². The number of carbonyl (C=O) groups excluding carboxylic acids is 2. The maximum Gasteiger partial charge on any atom is 0.586 e. The zero-order valence-electron chi connectivity index (χ0n) is 19.2. The lowest BCUT2D eigenvalue weighted by atomic mass is 9.81. The van der Waals surface area contributed by atoms with Gasteiger partial charge in [-0.3, -0.25) is 4.90 Å². The van der Waals surface area contributed by atoms with Crippen LogP contribution in [-0.2, 0) is 20.7 Å². The minimum Gasteiger partial charge on any atom is -0.464 e. The van der Waals surface area contributed by atoms with Gasteiger partial charge in [0.05, 0.1) is 12.6 Å². The molecule has 1 fully saturated rings. The average molecular weight is 512 g/mol. The Hall–Kier alpha value is -3.18. The van der Waals surface area contributed by atoms with Gasteiger partial charge in [-0.15, -0.1) is 8.78 Å². The van der Waals surface area contributed by atoms with Crippen molar-refractivity contribution in [2.45, 2.75) is 44.9 Å². The number of alkyl halides is 2. The molecule has 4 atom stereocenters. The maximum atomic E-state index is 13.3. The van der Waals surface area contributed by atoms with Crippen molar-refractivity contribution in [1.29, 1.82) is 0 Å². The molecule has 0 bridgehead atoms. The Labute approximate surface area is 205 Å². The Morgan fingerprint density at radius 1 is 1.26 bits per heavy atom. The van der Waals surface area contributed by atoms with Gasteiger partial charge in [0.25, 0.3) is 0 Å². The van der Waals surface area contributed by atoms with E-state index >= 15 is 0 Å². The van der Waals surface area contributed by atoms with Gasteiger partial charge in [0, 0.05) is 19.2 Å². The zero-order chi connectivity index (χ0) is 25.3. The molecule has 2 aliphatic heterocycles. The molecule has 0 aliphatic carbocycles. The van der Waals surface area contributed by atoms with E-state index < -0.39 is 36.6 Å². The van der Waals surface area contributed by atoms with E-state index in [0.717, 1.165) is 5.56 Å². The van der Waals surface area contributed by atoms with Crippen LogP contribution in [0.25, 0.3) is 0 Å². The Balaban J connectivity index is 1.50. The van der Waals surface area contributed by atoms with Crippen LogP contribution in [0, 0.1) is 5.92 Å². The molecule has 9 nitrogen and oxygen atoms in total.